The summed E-state index contributed by atoms with van der Waals surface area (Å²) in [5.41, 5.74) is 0. The summed E-state index contributed by atoms with van der Waals surface area (Å²) in [5, 5.41) is 0. The van der Waals surface area contributed by atoms with Crippen molar-refractivity contribution in [2.45, 2.75) is 103 Å². The highest BCUT2D eigenvalue weighted by Crippen LogP contribution is 2.14. The topological polar surface area (TPSA) is 0 Å². The van der Waals surface area contributed by atoms with E-state index in [4.69, 9.17) is 0 Å². The summed E-state index contributed by atoms with van der Waals surface area (Å²) in [6.45, 7) is 5.56. The van der Waals surface area contributed by atoms with Crippen LogP contribution in [0.3, 0.4) is 0 Å². The van der Waals surface area contributed by atoms with Gasteiger partial charge in [-0.3, -0.25) is 0 Å². The minimum atomic E-state index is -0.154. The van der Waals surface area contributed by atoms with Gasteiger partial charge in [0, 0.05) is 0 Å². The molecule has 0 aliphatic carbocycles. The van der Waals surface area contributed by atoms with E-state index in [9.17, 15) is 4.39 Å². The fraction of sp³-hybridized carbons (Fsp3) is 0.889. The highest BCUT2D eigenvalue weighted by atomic mass is 19.1. The first-order valence-corrected chi connectivity index (χ1v) is 8.60. The zero-order valence-corrected chi connectivity index (χ0v) is 13.2. The van der Waals surface area contributed by atoms with Crippen molar-refractivity contribution in [3.63, 3.8) is 0 Å². The van der Waals surface area contributed by atoms with Gasteiger partial charge in [0.2, 0.25) is 0 Å². The van der Waals surface area contributed by atoms with Gasteiger partial charge >= 0.3 is 0 Å². The first-order chi connectivity index (χ1) is 9.27. The molecule has 0 fully saturated rings. The second-order valence-electron chi connectivity index (χ2n) is 5.86. The maximum atomic E-state index is 12.4. The van der Waals surface area contributed by atoms with Gasteiger partial charge in [-0.15, -0.1) is 0 Å². The van der Waals surface area contributed by atoms with Gasteiger partial charge in [0.15, 0.2) is 0 Å². The molecule has 0 atom stereocenters. The fourth-order valence-corrected chi connectivity index (χ4v) is 2.51. The van der Waals surface area contributed by atoms with E-state index in [0.717, 1.165) is 6.42 Å². The molecule has 0 unspecified atom stereocenters. The summed E-state index contributed by atoms with van der Waals surface area (Å²) < 4.78 is 12.4. The minimum absolute atomic E-state index is 0.154. The van der Waals surface area contributed by atoms with Crippen molar-refractivity contribution in [3.8, 4) is 0 Å². The van der Waals surface area contributed by atoms with Gasteiger partial charge in [0.1, 0.15) is 0 Å². The molecule has 0 aliphatic heterocycles. The van der Waals surface area contributed by atoms with E-state index in [-0.39, 0.29) is 5.83 Å². The van der Waals surface area contributed by atoms with Gasteiger partial charge in [-0.25, -0.2) is 4.39 Å². The molecule has 0 nitrogen and oxygen atoms in total. The van der Waals surface area contributed by atoms with E-state index in [1.54, 1.807) is 0 Å². The van der Waals surface area contributed by atoms with Crippen molar-refractivity contribution in [3.05, 3.63) is 12.4 Å². The Hall–Kier alpha value is -0.330. The Morgan fingerprint density at radius 2 is 0.947 bits per heavy atom. The fourth-order valence-electron chi connectivity index (χ4n) is 2.51. The quantitative estimate of drug-likeness (QED) is 0.273. The van der Waals surface area contributed by atoms with Crippen molar-refractivity contribution in [1.29, 1.82) is 0 Å². The van der Waals surface area contributed by atoms with Gasteiger partial charge < -0.3 is 0 Å². The molecule has 0 aliphatic rings. The summed E-state index contributed by atoms with van der Waals surface area (Å²) in [4.78, 5) is 0. The third kappa shape index (κ3) is 17.7. The van der Waals surface area contributed by atoms with Crippen LogP contribution in [0.25, 0.3) is 0 Å². The van der Waals surface area contributed by atoms with Crippen molar-refractivity contribution < 1.29 is 4.39 Å². The maximum absolute atomic E-state index is 12.4. The normalized spacial score (nSPS) is 10.8. The molecule has 0 aromatic heterocycles. The Bertz CT molecular complexity index is 186. The van der Waals surface area contributed by atoms with E-state index < -0.39 is 0 Å². The molecule has 0 rings (SSSR count). The van der Waals surface area contributed by atoms with Crippen molar-refractivity contribution >= 4 is 0 Å². The van der Waals surface area contributed by atoms with E-state index in [1.165, 1.54) is 83.5 Å². The van der Waals surface area contributed by atoms with Gasteiger partial charge in [-0.1, -0.05) is 97.0 Å². The largest absolute Gasteiger partial charge is 0.212 e. The van der Waals surface area contributed by atoms with E-state index in [1.807, 2.05) is 0 Å². The molecule has 0 saturated heterocycles. The average Bonchev–Trinajstić information content (AvgIpc) is 2.39. The number of hydrogen-bond donors (Lipinski definition) is 0. The third-order valence-corrected chi connectivity index (χ3v) is 3.80. The Morgan fingerprint density at radius 1 is 0.632 bits per heavy atom. The lowest BCUT2D eigenvalue weighted by atomic mass is 10.0. The zero-order chi connectivity index (χ0) is 14.2. The Labute approximate surface area is 120 Å². The van der Waals surface area contributed by atoms with Crippen LogP contribution in [0.1, 0.15) is 103 Å². The maximum Gasteiger partial charge on any atom is 0.0928 e. The lowest BCUT2D eigenvalue weighted by Gasteiger charge is -2.03. The highest BCUT2D eigenvalue weighted by molar-refractivity contribution is 4.78. The molecule has 0 radical (unpaired) electrons. The van der Waals surface area contributed by atoms with Crippen LogP contribution < -0.4 is 0 Å². The number of hydrogen-bond acceptors (Lipinski definition) is 0. The molecule has 0 heterocycles. The second kappa shape index (κ2) is 15.7. The summed E-state index contributed by atoms with van der Waals surface area (Å²) in [5.74, 6) is -0.154. The summed E-state index contributed by atoms with van der Waals surface area (Å²) in [6.07, 6.45) is 19.4. The molecule has 0 spiro atoms. The van der Waals surface area contributed by atoms with Crippen LogP contribution in [0.5, 0.6) is 0 Å². The number of allylic oxidation sites excluding steroid dienone is 1. The first-order valence-electron chi connectivity index (χ1n) is 8.60. The Kier molecular flexibility index (Phi) is 15.5. The predicted molar refractivity (Wildman–Crippen MR) is 85.2 cm³/mol. The average molecular weight is 270 g/mol. The minimum Gasteiger partial charge on any atom is -0.212 e. The van der Waals surface area contributed by atoms with E-state index >= 15 is 0 Å². The van der Waals surface area contributed by atoms with Gasteiger partial charge in [0.05, 0.1) is 5.83 Å². The predicted octanol–water partition coefficient (Wildman–Crippen LogP) is 7.34. The highest BCUT2D eigenvalue weighted by Gasteiger charge is 1.95. The van der Waals surface area contributed by atoms with Crippen molar-refractivity contribution in [2.24, 2.45) is 0 Å². The standard InChI is InChI=1S/C18H35F/c1-3-4-5-6-7-8-9-10-11-12-13-14-15-16-17-18(2)19/h2-17H2,1H3. The monoisotopic (exact) mass is 270 g/mol. The molecule has 114 valence electrons. The van der Waals surface area contributed by atoms with Crippen molar-refractivity contribution in [1.82, 2.24) is 0 Å². The van der Waals surface area contributed by atoms with E-state index in [2.05, 4.69) is 13.5 Å². The van der Waals surface area contributed by atoms with Crippen LogP contribution in [-0.2, 0) is 0 Å². The Morgan fingerprint density at radius 3 is 1.26 bits per heavy atom. The summed E-state index contributed by atoms with van der Waals surface area (Å²) in [6, 6.07) is 0. The first kappa shape index (κ1) is 18.7. The van der Waals surface area contributed by atoms with Gasteiger partial charge in [-0.2, -0.15) is 0 Å². The zero-order valence-electron chi connectivity index (χ0n) is 13.2. The van der Waals surface area contributed by atoms with Crippen LogP contribution in [0.4, 0.5) is 4.39 Å². The molecule has 0 aromatic carbocycles. The second-order valence-corrected chi connectivity index (χ2v) is 5.86. The van der Waals surface area contributed by atoms with Crippen molar-refractivity contribution in [2.75, 3.05) is 0 Å². The van der Waals surface area contributed by atoms with Gasteiger partial charge in [-0.05, 0) is 12.8 Å². The van der Waals surface area contributed by atoms with Gasteiger partial charge in [0.25, 0.3) is 0 Å². The molecule has 1 heteroatoms. The third-order valence-electron chi connectivity index (χ3n) is 3.80. The lowest BCUT2D eigenvalue weighted by Crippen LogP contribution is -1.83. The molecule has 19 heavy (non-hydrogen) atoms. The molecule has 0 bridgehead atoms. The Balaban J connectivity index is 2.93. The molecule has 0 N–H and O–H groups in total. The lowest BCUT2D eigenvalue weighted by molar-refractivity contribution is 0.523. The number of halogens is 1. The molecular weight excluding hydrogens is 235 g/mol. The summed E-state index contributed by atoms with van der Waals surface area (Å²) in [7, 11) is 0. The van der Waals surface area contributed by atoms with Crippen LogP contribution >= 0.6 is 0 Å². The van der Waals surface area contributed by atoms with E-state index in [0.29, 0.717) is 6.42 Å². The van der Waals surface area contributed by atoms with Crippen LogP contribution in [0.15, 0.2) is 12.4 Å². The van der Waals surface area contributed by atoms with Crippen LogP contribution in [0, 0.1) is 0 Å². The molecule has 0 saturated carbocycles. The molecular formula is C18H35F. The van der Waals surface area contributed by atoms with Crippen LogP contribution in [-0.4, -0.2) is 0 Å². The number of unbranched alkanes of at least 4 members (excludes halogenated alkanes) is 13. The van der Waals surface area contributed by atoms with Crippen LogP contribution in [0.2, 0.25) is 0 Å². The molecule has 0 aromatic rings. The SMILES string of the molecule is C=C(F)CCCCCCCCCCCCCCCC. The number of rotatable bonds is 15. The summed E-state index contributed by atoms with van der Waals surface area (Å²) >= 11 is 0. The smallest absolute Gasteiger partial charge is 0.0928 e. The molecule has 0 amide bonds.